The second-order valence-corrected chi connectivity index (χ2v) is 5.54. The Morgan fingerprint density at radius 3 is 2.64 bits per heavy atom. The lowest BCUT2D eigenvalue weighted by molar-refractivity contribution is -0.116. The summed E-state index contributed by atoms with van der Waals surface area (Å²) in [7, 11) is 3.43. The molecule has 1 aliphatic rings. The summed E-state index contributed by atoms with van der Waals surface area (Å²) in [5.74, 6) is -0.172. The van der Waals surface area contributed by atoms with Crippen LogP contribution in [0.5, 0.6) is 0 Å². The molecule has 0 saturated carbocycles. The average Bonchev–Trinajstić information content (AvgIpc) is 3.04. The summed E-state index contributed by atoms with van der Waals surface area (Å²) in [6, 6.07) is 7.15. The molecule has 22 heavy (non-hydrogen) atoms. The van der Waals surface area contributed by atoms with Crippen molar-refractivity contribution in [2.75, 3.05) is 27.2 Å². The number of hydrogen-bond donors (Lipinski definition) is 1. The molecular weight excluding hydrogens is 280 g/mol. The van der Waals surface area contributed by atoms with Crippen molar-refractivity contribution in [1.82, 2.24) is 10.2 Å². The van der Waals surface area contributed by atoms with Crippen molar-refractivity contribution in [3.05, 3.63) is 41.5 Å². The fourth-order valence-corrected chi connectivity index (χ4v) is 2.25. The maximum atomic E-state index is 11.8. The molecule has 0 bridgehead atoms. The number of carbonyl (C=O) groups excluding carboxylic acids is 2. The van der Waals surface area contributed by atoms with Gasteiger partial charge in [0.2, 0.25) is 5.91 Å². The summed E-state index contributed by atoms with van der Waals surface area (Å²) in [4.78, 5) is 25.0. The number of hydrogen-bond acceptors (Lipinski definition) is 3. The van der Waals surface area contributed by atoms with Crippen LogP contribution in [0, 0.1) is 0 Å². The molecule has 0 aliphatic carbocycles. The average molecular weight is 302 g/mol. The molecule has 1 aromatic rings. The Balaban J connectivity index is 1.84. The first-order valence-electron chi connectivity index (χ1n) is 7.45. The molecule has 2 rings (SSSR count). The Morgan fingerprint density at radius 2 is 2.05 bits per heavy atom. The molecular formula is C17H22N2O3. The third kappa shape index (κ3) is 4.70. The predicted molar refractivity (Wildman–Crippen MR) is 85.5 cm³/mol. The van der Waals surface area contributed by atoms with Gasteiger partial charge in [0.25, 0.3) is 5.91 Å². The van der Waals surface area contributed by atoms with E-state index < -0.39 is 0 Å². The number of benzene rings is 1. The highest BCUT2D eigenvalue weighted by Gasteiger charge is 2.15. The lowest BCUT2D eigenvalue weighted by Gasteiger charge is -2.10. The van der Waals surface area contributed by atoms with E-state index in [1.807, 2.05) is 12.1 Å². The molecule has 1 fully saturated rings. The minimum absolute atomic E-state index is 0.0372. The van der Waals surface area contributed by atoms with Gasteiger partial charge in [-0.3, -0.25) is 9.59 Å². The van der Waals surface area contributed by atoms with E-state index in [0.717, 1.165) is 25.0 Å². The van der Waals surface area contributed by atoms with Gasteiger partial charge in [0, 0.05) is 38.9 Å². The number of amides is 2. The van der Waals surface area contributed by atoms with Crippen LogP contribution < -0.4 is 5.32 Å². The predicted octanol–water partition coefficient (Wildman–Crippen LogP) is 1.70. The van der Waals surface area contributed by atoms with Crippen LogP contribution in [0.15, 0.2) is 30.3 Å². The largest absolute Gasteiger partial charge is 0.376 e. The molecule has 1 N–H and O–H groups in total. The van der Waals surface area contributed by atoms with Crippen molar-refractivity contribution in [2.24, 2.45) is 0 Å². The normalized spacial score (nSPS) is 17.6. The topological polar surface area (TPSA) is 58.6 Å². The monoisotopic (exact) mass is 302 g/mol. The summed E-state index contributed by atoms with van der Waals surface area (Å²) in [5, 5.41) is 2.83. The first-order valence-corrected chi connectivity index (χ1v) is 7.45. The lowest BCUT2D eigenvalue weighted by Crippen LogP contribution is -2.30. The maximum absolute atomic E-state index is 11.8. The Morgan fingerprint density at radius 1 is 1.32 bits per heavy atom. The standard InChI is InChI=1S/C17H22N2O3/c1-19(2)17(21)14-8-5-13(6-9-14)7-10-16(20)18-12-15-4-3-11-22-15/h5-10,15H,3-4,11-12H2,1-2H3,(H,18,20)/b10-7+. The molecule has 1 aromatic carbocycles. The highest BCUT2D eigenvalue weighted by Crippen LogP contribution is 2.11. The minimum Gasteiger partial charge on any atom is -0.376 e. The summed E-state index contributed by atoms with van der Waals surface area (Å²) in [6.45, 7) is 1.34. The van der Waals surface area contributed by atoms with Crippen molar-refractivity contribution in [2.45, 2.75) is 18.9 Å². The zero-order valence-electron chi connectivity index (χ0n) is 13.0. The number of ether oxygens (including phenoxy) is 1. The number of rotatable bonds is 5. The van der Waals surface area contributed by atoms with E-state index >= 15 is 0 Å². The quantitative estimate of drug-likeness (QED) is 0.842. The maximum Gasteiger partial charge on any atom is 0.253 e. The van der Waals surface area contributed by atoms with E-state index in [2.05, 4.69) is 5.32 Å². The zero-order valence-corrected chi connectivity index (χ0v) is 13.0. The second-order valence-electron chi connectivity index (χ2n) is 5.54. The Bertz CT molecular complexity index is 544. The molecule has 1 heterocycles. The zero-order chi connectivity index (χ0) is 15.9. The van der Waals surface area contributed by atoms with Crippen LogP contribution in [0.4, 0.5) is 0 Å². The van der Waals surface area contributed by atoms with Crippen LogP contribution in [0.3, 0.4) is 0 Å². The Labute approximate surface area is 130 Å². The Kier molecular flexibility index (Phi) is 5.72. The van der Waals surface area contributed by atoms with E-state index in [1.165, 1.54) is 11.0 Å². The van der Waals surface area contributed by atoms with Crippen LogP contribution in [0.2, 0.25) is 0 Å². The van der Waals surface area contributed by atoms with Gasteiger partial charge in [0.15, 0.2) is 0 Å². The van der Waals surface area contributed by atoms with Gasteiger partial charge < -0.3 is 15.0 Å². The highest BCUT2D eigenvalue weighted by molar-refractivity contribution is 5.94. The summed E-state index contributed by atoms with van der Waals surface area (Å²) >= 11 is 0. The van der Waals surface area contributed by atoms with Crippen molar-refractivity contribution in [1.29, 1.82) is 0 Å². The number of nitrogens with one attached hydrogen (secondary N) is 1. The van der Waals surface area contributed by atoms with Gasteiger partial charge in [0.1, 0.15) is 0 Å². The molecule has 0 radical (unpaired) electrons. The molecule has 1 atom stereocenters. The summed E-state index contributed by atoms with van der Waals surface area (Å²) < 4.78 is 5.45. The Hall–Kier alpha value is -2.14. The van der Waals surface area contributed by atoms with E-state index in [-0.39, 0.29) is 17.9 Å². The van der Waals surface area contributed by atoms with Crippen LogP contribution >= 0.6 is 0 Å². The molecule has 2 amide bonds. The van der Waals surface area contributed by atoms with Crippen molar-refractivity contribution in [3.8, 4) is 0 Å². The van der Waals surface area contributed by atoms with Crippen LogP contribution in [0.25, 0.3) is 6.08 Å². The van der Waals surface area contributed by atoms with E-state index in [4.69, 9.17) is 4.74 Å². The van der Waals surface area contributed by atoms with Crippen LogP contribution in [0.1, 0.15) is 28.8 Å². The van der Waals surface area contributed by atoms with Gasteiger partial charge in [-0.1, -0.05) is 12.1 Å². The molecule has 118 valence electrons. The third-order valence-electron chi connectivity index (χ3n) is 3.52. The molecule has 1 saturated heterocycles. The number of carbonyl (C=O) groups is 2. The molecule has 0 spiro atoms. The van der Waals surface area contributed by atoms with Gasteiger partial charge in [-0.25, -0.2) is 0 Å². The first-order chi connectivity index (χ1) is 10.6. The summed E-state index contributed by atoms with van der Waals surface area (Å²) in [5.41, 5.74) is 1.51. The summed E-state index contributed by atoms with van der Waals surface area (Å²) in [6.07, 6.45) is 5.44. The SMILES string of the molecule is CN(C)C(=O)c1ccc(/C=C/C(=O)NCC2CCCO2)cc1. The second kappa shape index (κ2) is 7.75. The van der Waals surface area contributed by atoms with Crippen LogP contribution in [-0.4, -0.2) is 50.1 Å². The van der Waals surface area contributed by atoms with Gasteiger partial charge in [-0.15, -0.1) is 0 Å². The molecule has 5 nitrogen and oxygen atoms in total. The van der Waals surface area contributed by atoms with Gasteiger partial charge in [-0.05, 0) is 36.6 Å². The van der Waals surface area contributed by atoms with Crippen molar-refractivity contribution >= 4 is 17.9 Å². The van der Waals surface area contributed by atoms with Crippen LogP contribution in [-0.2, 0) is 9.53 Å². The van der Waals surface area contributed by atoms with Crippen molar-refractivity contribution < 1.29 is 14.3 Å². The number of nitrogens with zero attached hydrogens (tertiary/aromatic N) is 1. The van der Waals surface area contributed by atoms with E-state index in [9.17, 15) is 9.59 Å². The molecule has 0 aromatic heterocycles. The fraction of sp³-hybridized carbons (Fsp3) is 0.412. The third-order valence-corrected chi connectivity index (χ3v) is 3.52. The smallest absolute Gasteiger partial charge is 0.253 e. The van der Waals surface area contributed by atoms with Crippen molar-refractivity contribution in [3.63, 3.8) is 0 Å². The molecule has 1 aliphatic heterocycles. The van der Waals surface area contributed by atoms with Gasteiger partial charge in [0.05, 0.1) is 6.10 Å². The lowest BCUT2D eigenvalue weighted by atomic mass is 10.1. The molecule has 5 heteroatoms. The first kappa shape index (κ1) is 16.2. The molecule has 1 unspecified atom stereocenters. The van der Waals surface area contributed by atoms with E-state index in [0.29, 0.717) is 12.1 Å². The minimum atomic E-state index is -0.135. The van der Waals surface area contributed by atoms with Gasteiger partial charge in [-0.2, -0.15) is 0 Å². The van der Waals surface area contributed by atoms with E-state index in [1.54, 1.807) is 32.3 Å². The highest BCUT2D eigenvalue weighted by atomic mass is 16.5. The fourth-order valence-electron chi connectivity index (χ4n) is 2.25. The van der Waals surface area contributed by atoms with Gasteiger partial charge >= 0.3 is 0 Å².